The summed E-state index contributed by atoms with van der Waals surface area (Å²) in [5, 5.41) is 23.4. The molecule has 3 aromatic rings. The van der Waals surface area contributed by atoms with E-state index in [1.165, 1.54) is 5.56 Å². The van der Waals surface area contributed by atoms with E-state index in [1.807, 2.05) is 72.8 Å². The number of aliphatic imine (C=N–C) groups is 1. The van der Waals surface area contributed by atoms with Crippen molar-refractivity contribution < 1.29 is 19.8 Å². The fraction of sp³-hybridized carbons (Fsp3) is 0.323. The van der Waals surface area contributed by atoms with Crippen molar-refractivity contribution in [1.82, 2.24) is 4.90 Å². The third kappa shape index (κ3) is 6.81. The predicted molar refractivity (Wildman–Crippen MR) is 149 cm³/mol. The second kappa shape index (κ2) is 13.2. The minimum atomic E-state index is -1.74. The summed E-state index contributed by atoms with van der Waals surface area (Å²) in [6, 6.07) is 25.8. The van der Waals surface area contributed by atoms with Gasteiger partial charge in [0.05, 0.1) is 17.4 Å². The smallest absolute Gasteiger partial charge is 0.241 e. The van der Waals surface area contributed by atoms with Crippen molar-refractivity contribution in [2.24, 2.45) is 10.9 Å². The van der Waals surface area contributed by atoms with Gasteiger partial charge in [-0.15, -0.1) is 0 Å². The number of anilines is 1. The van der Waals surface area contributed by atoms with E-state index < -0.39 is 18.2 Å². The van der Waals surface area contributed by atoms with Crippen molar-refractivity contribution in [2.45, 2.75) is 51.1 Å². The van der Waals surface area contributed by atoms with Crippen LogP contribution in [0.3, 0.4) is 0 Å². The summed E-state index contributed by atoms with van der Waals surface area (Å²) in [4.78, 5) is 31.7. The van der Waals surface area contributed by atoms with Gasteiger partial charge in [0.1, 0.15) is 12.3 Å². The summed E-state index contributed by atoms with van der Waals surface area (Å²) in [6.07, 6.45) is 0.895. The molecule has 0 radical (unpaired) electrons. The summed E-state index contributed by atoms with van der Waals surface area (Å²) < 4.78 is 0. The average Bonchev–Trinajstić information content (AvgIpc) is 3.39. The Morgan fingerprint density at radius 3 is 2.37 bits per heavy atom. The fourth-order valence-electron chi connectivity index (χ4n) is 4.97. The van der Waals surface area contributed by atoms with Crippen LogP contribution in [0.4, 0.5) is 5.69 Å². The minimum absolute atomic E-state index is 0.0774. The van der Waals surface area contributed by atoms with Crippen LogP contribution < -0.4 is 5.32 Å². The van der Waals surface area contributed by atoms with E-state index in [1.54, 1.807) is 6.92 Å². The molecule has 7 nitrogen and oxygen atoms in total. The molecule has 0 aromatic heterocycles. The lowest BCUT2D eigenvalue weighted by Gasteiger charge is -2.25. The zero-order valence-electron chi connectivity index (χ0n) is 21.6. The molecule has 0 aliphatic carbocycles. The van der Waals surface area contributed by atoms with Crippen LogP contribution in [0.2, 0.25) is 0 Å². The van der Waals surface area contributed by atoms with E-state index in [0.717, 1.165) is 31.2 Å². The minimum Gasteiger partial charge on any atom is -0.366 e. The van der Waals surface area contributed by atoms with Crippen LogP contribution in [0, 0.1) is 5.92 Å². The van der Waals surface area contributed by atoms with Crippen molar-refractivity contribution in [3.05, 3.63) is 102 Å². The van der Waals surface area contributed by atoms with Crippen LogP contribution in [0.25, 0.3) is 0 Å². The number of likely N-dealkylation sites (tertiary alicyclic amines) is 1. The molecule has 0 spiro atoms. The maximum atomic E-state index is 13.5. The van der Waals surface area contributed by atoms with Gasteiger partial charge in [-0.25, -0.2) is 0 Å². The molecule has 1 aliphatic heterocycles. The van der Waals surface area contributed by atoms with Gasteiger partial charge in [0.15, 0.2) is 6.29 Å². The highest BCUT2D eigenvalue weighted by atomic mass is 16.5. The number of amides is 1. The van der Waals surface area contributed by atoms with Crippen LogP contribution in [0.15, 0.2) is 89.9 Å². The highest BCUT2D eigenvalue weighted by molar-refractivity contribution is 6.17. The van der Waals surface area contributed by atoms with Gasteiger partial charge >= 0.3 is 0 Å². The maximum Gasteiger partial charge on any atom is 0.241 e. The fourth-order valence-corrected chi connectivity index (χ4v) is 4.97. The molecular weight excluding hydrogens is 478 g/mol. The van der Waals surface area contributed by atoms with E-state index >= 15 is 0 Å². The van der Waals surface area contributed by atoms with Gasteiger partial charge in [0, 0.05) is 24.1 Å². The standard InChI is InChI=1S/C31H35N3O4/c1-22(18-20-35)28(31(37)38)33-29(24-13-6-3-7-14-24)25-15-8-9-16-26(25)32-30(36)27-17-10-19-34(27)21-23-11-4-2-5-12-23/h2-9,11-16,20,22,27-28,31,37-38H,10,17-19,21H2,1H3,(H,32,36)/t22?,27-,28?/m1/s1. The molecule has 1 heterocycles. The number of para-hydroxylation sites is 1. The Morgan fingerprint density at radius 1 is 1.03 bits per heavy atom. The Labute approximate surface area is 223 Å². The highest BCUT2D eigenvalue weighted by Gasteiger charge is 2.31. The Kier molecular flexibility index (Phi) is 9.54. The van der Waals surface area contributed by atoms with Crippen LogP contribution in [-0.2, 0) is 16.1 Å². The molecule has 3 aromatic carbocycles. The van der Waals surface area contributed by atoms with Gasteiger partial charge < -0.3 is 20.3 Å². The number of carbonyl (C=O) groups is 2. The number of aliphatic hydroxyl groups is 2. The SMILES string of the molecule is CC(CC=O)C(N=C(c1ccccc1)c1ccccc1NC(=O)[C@H]1CCCN1Cc1ccccc1)C(O)O. The number of aliphatic hydroxyl groups excluding tert-OH is 1. The van der Waals surface area contributed by atoms with E-state index in [-0.39, 0.29) is 18.4 Å². The van der Waals surface area contributed by atoms with Gasteiger partial charge in [-0.1, -0.05) is 85.8 Å². The Balaban J connectivity index is 1.65. The summed E-state index contributed by atoms with van der Waals surface area (Å²) in [7, 11) is 0. The first-order valence-electron chi connectivity index (χ1n) is 13.1. The molecule has 7 heteroatoms. The molecule has 1 fully saturated rings. The highest BCUT2D eigenvalue weighted by Crippen LogP contribution is 2.26. The lowest BCUT2D eigenvalue weighted by atomic mass is 9.96. The Hall–Kier alpha value is -3.65. The number of hydrogen-bond donors (Lipinski definition) is 3. The first-order valence-corrected chi connectivity index (χ1v) is 13.1. The number of nitrogens with zero attached hydrogens (tertiary/aromatic N) is 2. The molecule has 3 atom stereocenters. The number of benzene rings is 3. The molecule has 1 aliphatic rings. The molecule has 38 heavy (non-hydrogen) atoms. The van der Waals surface area contributed by atoms with Gasteiger partial charge in [-0.2, -0.15) is 0 Å². The Bertz CT molecular complexity index is 1230. The van der Waals surface area contributed by atoms with Crippen molar-refractivity contribution in [3.8, 4) is 0 Å². The van der Waals surface area contributed by atoms with Crippen molar-refractivity contribution >= 4 is 23.6 Å². The summed E-state index contributed by atoms with van der Waals surface area (Å²) in [5.41, 5.74) is 3.73. The molecule has 2 unspecified atom stereocenters. The third-order valence-corrected chi connectivity index (χ3v) is 7.02. The number of hydrogen-bond acceptors (Lipinski definition) is 6. The Morgan fingerprint density at radius 2 is 1.68 bits per heavy atom. The zero-order chi connectivity index (χ0) is 26.9. The second-order valence-electron chi connectivity index (χ2n) is 9.78. The number of aldehydes is 1. The molecule has 1 saturated heterocycles. The van der Waals surface area contributed by atoms with Crippen LogP contribution in [0.1, 0.15) is 42.9 Å². The van der Waals surface area contributed by atoms with Gasteiger partial charge in [0.2, 0.25) is 5.91 Å². The summed E-state index contributed by atoms with van der Waals surface area (Å²) in [5.74, 6) is -0.468. The quantitative estimate of drug-likeness (QED) is 0.204. The summed E-state index contributed by atoms with van der Waals surface area (Å²) in [6.45, 7) is 3.33. The molecule has 0 bridgehead atoms. The monoisotopic (exact) mass is 513 g/mol. The molecule has 0 saturated carbocycles. The number of nitrogens with one attached hydrogen (secondary N) is 1. The lowest BCUT2D eigenvalue weighted by molar-refractivity contribution is -0.120. The molecule has 4 rings (SSSR count). The van der Waals surface area contributed by atoms with E-state index in [4.69, 9.17) is 4.99 Å². The van der Waals surface area contributed by atoms with E-state index in [0.29, 0.717) is 23.5 Å². The van der Waals surface area contributed by atoms with Crippen LogP contribution >= 0.6 is 0 Å². The second-order valence-corrected chi connectivity index (χ2v) is 9.78. The third-order valence-electron chi connectivity index (χ3n) is 7.02. The van der Waals surface area contributed by atoms with E-state index in [9.17, 15) is 19.8 Å². The number of carbonyl (C=O) groups excluding carboxylic acids is 2. The first kappa shape index (κ1) is 27.4. The van der Waals surface area contributed by atoms with Gasteiger partial charge in [0.25, 0.3) is 0 Å². The maximum absolute atomic E-state index is 13.5. The van der Waals surface area contributed by atoms with Gasteiger partial charge in [-0.05, 0) is 36.9 Å². The predicted octanol–water partition coefficient (Wildman–Crippen LogP) is 4.03. The van der Waals surface area contributed by atoms with Crippen molar-refractivity contribution in [2.75, 3.05) is 11.9 Å². The largest absolute Gasteiger partial charge is 0.366 e. The van der Waals surface area contributed by atoms with Crippen molar-refractivity contribution in [1.29, 1.82) is 0 Å². The molecule has 198 valence electrons. The van der Waals surface area contributed by atoms with Crippen LogP contribution in [-0.4, -0.2) is 57.9 Å². The number of rotatable bonds is 11. The first-order chi connectivity index (χ1) is 18.5. The zero-order valence-corrected chi connectivity index (χ0v) is 21.6. The van der Waals surface area contributed by atoms with Crippen LogP contribution in [0.5, 0.6) is 0 Å². The van der Waals surface area contributed by atoms with Crippen molar-refractivity contribution in [3.63, 3.8) is 0 Å². The molecule has 1 amide bonds. The van der Waals surface area contributed by atoms with E-state index in [2.05, 4.69) is 22.3 Å². The molecule has 3 N–H and O–H groups in total. The average molecular weight is 514 g/mol. The topological polar surface area (TPSA) is 102 Å². The normalized spacial score (nSPS) is 17.8. The molecular formula is C31H35N3O4. The van der Waals surface area contributed by atoms with Gasteiger partial charge in [-0.3, -0.25) is 14.7 Å². The summed E-state index contributed by atoms with van der Waals surface area (Å²) >= 11 is 0. The lowest BCUT2D eigenvalue weighted by Crippen LogP contribution is -2.39.